The van der Waals surface area contributed by atoms with Crippen LogP contribution >= 0.6 is 15.9 Å². The summed E-state index contributed by atoms with van der Waals surface area (Å²) in [6.45, 7) is 2.79. The maximum absolute atomic E-state index is 9.70. The first-order valence-corrected chi connectivity index (χ1v) is 7.09. The molecule has 0 aliphatic heterocycles. The Balaban J connectivity index is 2.11. The lowest BCUT2D eigenvalue weighted by molar-refractivity contribution is 0.173. The molecule has 0 aliphatic rings. The van der Waals surface area contributed by atoms with E-state index in [2.05, 4.69) is 33.4 Å². The van der Waals surface area contributed by atoms with E-state index in [1.165, 1.54) is 5.56 Å². The lowest BCUT2D eigenvalue weighted by Crippen LogP contribution is -2.42. The monoisotopic (exact) mass is 319 g/mol. The van der Waals surface area contributed by atoms with E-state index in [9.17, 15) is 5.11 Å². The van der Waals surface area contributed by atoms with Crippen molar-refractivity contribution in [2.45, 2.75) is 19.0 Å². The molecule has 2 rings (SSSR count). The van der Waals surface area contributed by atoms with E-state index in [4.69, 9.17) is 0 Å². The Kier molecular flexibility index (Phi) is 4.75. The van der Waals surface area contributed by atoms with E-state index >= 15 is 0 Å². The van der Waals surface area contributed by atoms with Crippen molar-refractivity contribution in [1.29, 1.82) is 0 Å². The Morgan fingerprint density at radius 1 is 1.11 bits per heavy atom. The van der Waals surface area contributed by atoms with Crippen LogP contribution in [0.3, 0.4) is 0 Å². The van der Waals surface area contributed by atoms with Gasteiger partial charge in [0.2, 0.25) is 0 Å². The van der Waals surface area contributed by atoms with Crippen molar-refractivity contribution >= 4 is 15.9 Å². The van der Waals surface area contributed by atoms with Gasteiger partial charge in [0.05, 0.1) is 12.1 Å². The summed E-state index contributed by atoms with van der Waals surface area (Å²) in [7, 11) is 0. The molecule has 1 unspecified atom stereocenters. The molecule has 0 amide bonds. The molecule has 0 heterocycles. The van der Waals surface area contributed by atoms with Gasteiger partial charge in [0.15, 0.2) is 0 Å². The molecule has 1 atom stereocenters. The van der Waals surface area contributed by atoms with Crippen molar-refractivity contribution in [2.75, 3.05) is 6.61 Å². The van der Waals surface area contributed by atoms with Gasteiger partial charge in [-0.2, -0.15) is 0 Å². The van der Waals surface area contributed by atoms with E-state index in [1.807, 2.05) is 49.4 Å². The van der Waals surface area contributed by atoms with Gasteiger partial charge in [0.1, 0.15) is 0 Å². The minimum atomic E-state index is -0.427. The molecule has 0 fully saturated rings. The molecule has 2 N–H and O–H groups in total. The van der Waals surface area contributed by atoms with Crippen LogP contribution in [0.4, 0.5) is 0 Å². The Morgan fingerprint density at radius 2 is 1.84 bits per heavy atom. The zero-order chi connectivity index (χ0) is 13.7. The molecule has 2 aromatic rings. The summed E-state index contributed by atoms with van der Waals surface area (Å²) in [5.74, 6) is 0. The summed E-state index contributed by atoms with van der Waals surface area (Å²) in [5.41, 5.74) is 1.85. The summed E-state index contributed by atoms with van der Waals surface area (Å²) >= 11 is 3.47. The minimum absolute atomic E-state index is 0.0605. The molecular formula is C16H18BrNO. The van der Waals surface area contributed by atoms with E-state index in [1.54, 1.807) is 0 Å². The van der Waals surface area contributed by atoms with E-state index in [0.717, 1.165) is 10.0 Å². The van der Waals surface area contributed by atoms with Gasteiger partial charge >= 0.3 is 0 Å². The zero-order valence-corrected chi connectivity index (χ0v) is 12.5. The van der Waals surface area contributed by atoms with Crippen LogP contribution in [0, 0.1) is 0 Å². The van der Waals surface area contributed by atoms with Gasteiger partial charge < -0.3 is 10.4 Å². The maximum Gasteiger partial charge on any atom is 0.0652 e. The van der Waals surface area contributed by atoms with Crippen molar-refractivity contribution < 1.29 is 5.11 Å². The predicted molar refractivity (Wildman–Crippen MR) is 81.9 cm³/mol. The molecule has 0 aromatic heterocycles. The molecule has 19 heavy (non-hydrogen) atoms. The topological polar surface area (TPSA) is 32.3 Å². The van der Waals surface area contributed by atoms with Gasteiger partial charge in [-0.3, -0.25) is 0 Å². The molecule has 0 aliphatic carbocycles. The lowest BCUT2D eigenvalue weighted by atomic mass is 9.92. The standard InChI is InChI=1S/C16H18BrNO/c1-16(12-19,14-7-3-2-4-8-14)18-11-13-6-5-9-15(17)10-13/h2-10,18-19H,11-12H2,1H3. The van der Waals surface area contributed by atoms with E-state index in [0.29, 0.717) is 6.54 Å². The fraction of sp³-hybridized carbons (Fsp3) is 0.250. The third-order valence-electron chi connectivity index (χ3n) is 3.30. The van der Waals surface area contributed by atoms with Crippen LogP contribution in [0.2, 0.25) is 0 Å². The van der Waals surface area contributed by atoms with Gasteiger partial charge in [-0.1, -0.05) is 58.4 Å². The highest BCUT2D eigenvalue weighted by Gasteiger charge is 2.24. The SMILES string of the molecule is CC(CO)(NCc1cccc(Br)c1)c1ccccc1. The summed E-state index contributed by atoms with van der Waals surface area (Å²) < 4.78 is 1.07. The summed E-state index contributed by atoms with van der Waals surface area (Å²) in [6, 6.07) is 18.2. The molecule has 0 saturated carbocycles. The van der Waals surface area contributed by atoms with Crippen molar-refractivity contribution in [2.24, 2.45) is 0 Å². The summed E-state index contributed by atoms with van der Waals surface area (Å²) in [4.78, 5) is 0. The molecule has 3 heteroatoms. The van der Waals surface area contributed by atoms with Crippen molar-refractivity contribution in [3.05, 3.63) is 70.2 Å². The van der Waals surface area contributed by atoms with Crippen LogP contribution in [-0.2, 0) is 12.1 Å². The highest BCUT2D eigenvalue weighted by molar-refractivity contribution is 9.10. The van der Waals surface area contributed by atoms with Crippen LogP contribution < -0.4 is 5.32 Å². The molecule has 100 valence electrons. The Bertz CT molecular complexity index is 529. The first-order valence-electron chi connectivity index (χ1n) is 6.30. The molecular weight excluding hydrogens is 302 g/mol. The maximum atomic E-state index is 9.70. The third-order valence-corrected chi connectivity index (χ3v) is 3.79. The highest BCUT2D eigenvalue weighted by Crippen LogP contribution is 2.21. The van der Waals surface area contributed by atoms with E-state index in [-0.39, 0.29) is 6.61 Å². The van der Waals surface area contributed by atoms with Gasteiger partial charge in [-0.25, -0.2) is 0 Å². The molecule has 0 saturated heterocycles. The quantitative estimate of drug-likeness (QED) is 0.884. The van der Waals surface area contributed by atoms with Crippen molar-refractivity contribution in [3.63, 3.8) is 0 Å². The fourth-order valence-corrected chi connectivity index (χ4v) is 2.45. The highest BCUT2D eigenvalue weighted by atomic mass is 79.9. The summed E-state index contributed by atoms with van der Waals surface area (Å²) in [6.07, 6.45) is 0. The zero-order valence-electron chi connectivity index (χ0n) is 10.9. The average molecular weight is 320 g/mol. The summed E-state index contributed by atoms with van der Waals surface area (Å²) in [5, 5.41) is 13.1. The number of halogens is 1. The first kappa shape index (κ1) is 14.3. The first-order chi connectivity index (χ1) is 9.14. The van der Waals surface area contributed by atoms with Gasteiger partial charge in [-0.05, 0) is 30.2 Å². The van der Waals surface area contributed by atoms with Crippen LogP contribution in [0.5, 0.6) is 0 Å². The number of aliphatic hydroxyl groups is 1. The number of hydrogen-bond donors (Lipinski definition) is 2. The number of benzene rings is 2. The Morgan fingerprint density at radius 3 is 2.47 bits per heavy atom. The lowest BCUT2D eigenvalue weighted by Gasteiger charge is -2.29. The van der Waals surface area contributed by atoms with Crippen LogP contribution in [0.1, 0.15) is 18.1 Å². The third kappa shape index (κ3) is 3.66. The Labute approximate surface area is 122 Å². The average Bonchev–Trinajstić information content (AvgIpc) is 2.46. The second kappa shape index (κ2) is 6.33. The molecule has 0 spiro atoms. The van der Waals surface area contributed by atoms with Gasteiger partial charge in [0.25, 0.3) is 0 Å². The second-order valence-electron chi connectivity index (χ2n) is 4.84. The van der Waals surface area contributed by atoms with Crippen LogP contribution in [0.25, 0.3) is 0 Å². The number of aliphatic hydroxyl groups excluding tert-OH is 1. The van der Waals surface area contributed by atoms with Crippen LogP contribution in [-0.4, -0.2) is 11.7 Å². The van der Waals surface area contributed by atoms with Crippen molar-refractivity contribution in [3.8, 4) is 0 Å². The molecule has 2 aromatic carbocycles. The molecule has 0 bridgehead atoms. The van der Waals surface area contributed by atoms with Gasteiger partial charge in [-0.15, -0.1) is 0 Å². The number of hydrogen-bond acceptors (Lipinski definition) is 2. The minimum Gasteiger partial charge on any atom is -0.394 e. The largest absolute Gasteiger partial charge is 0.394 e. The van der Waals surface area contributed by atoms with Gasteiger partial charge in [0, 0.05) is 11.0 Å². The second-order valence-corrected chi connectivity index (χ2v) is 5.76. The Hall–Kier alpha value is -1.16. The van der Waals surface area contributed by atoms with Crippen LogP contribution in [0.15, 0.2) is 59.1 Å². The molecule has 2 nitrogen and oxygen atoms in total. The normalized spacial score (nSPS) is 14.1. The van der Waals surface area contributed by atoms with Crippen molar-refractivity contribution in [1.82, 2.24) is 5.32 Å². The number of rotatable bonds is 5. The predicted octanol–water partition coefficient (Wildman–Crippen LogP) is 3.45. The fourth-order valence-electron chi connectivity index (χ4n) is 2.00. The number of nitrogens with one attached hydrogen (secondary N) is 1. The molecule has 0 radical (unpaired) electrons. The van der Waals surface area contributed by atoms with E-state index < -0.39 is 5.54 Å². The smallest absolute Gasteiger partial charge is 0.0652 e.